The minimum absolute atomic E-state index is 0.0714. The standard InChI is InChI=1S/C19H32O/c1-17(2)10-8-14-13(12-17)6-7-15-18(3,4)16(20)9-11-19(14,15)5/h6,14-16,20H,7-12H2,1-5H3/t14-,15-,16+,19+/m0/s1. The lowest BCUT2D eigenvalue weighted by Gasteiger charge is -2.60. The molecule has 0 radical (unpaired) electrons. The van der Waals surface area contributed by atoms with Gasteiger partial charge in [-0.05, 0) is 66.6 Å². The van der Waals surface area contributed by atoms with Crippen molar-refractivity contribution in [3.05, 3.63) is 11.6 Å². The molecule has 0 saturated heterocycles. The van der Waals surface area contributed by atoms with Gasteiger partial charge in [0.1, 0.15) is 0 Å². The summed E-state index contributed by atoms with van der Waals surface area (Å²) in [7, 11) is 0. The van der Waals surface area contributed by atoms with Crippen molar-refractivity contribution in [3.63, 3.8) is 0 Å². The second kappa shape index (κ2) is 4.35. The van der Waals surface area contributed by atoms with Gasteiger partial charge in [-0.2, -0.15) is 0 Å². The Hall–Kier alpha value is -0.300. The number of hydrogen-bond acceptors (Lipinski definition) is 1. The van der Waals surface area contributed by atoms with Gasteiger partial charge in [-0.1, -0.05) is 46.3 Å². The van der Waals surface area contributed by atoms with E-state index in [4.69, 9.17) is 0 Å². The molecule has 2 saturated carbocycles. The van der Waals surface area contributed by atoms with Crippen molar-refractivity contribution in [1.29, 1.82) is 0 Å². The highest BCUT2D eigenvalue weighted by atomic mass is 16.3. The van der Waals surface area contributed by atoms with Crippen molar-refractivity contribution < 1.29 is 5.11 Å². The first kappa shape index (κ1) is 14.6. The minimum Gasteiger partial charge on any atom is -0.393 e. The molecular weight excluding hydrogens is 244 g/mol. The van der Waals surface area contributed by atoms with Crippen LogP contribution in [-0.2, 0) is 0 Å². The Balaban J connectivity index is 1.96. The fraction of sp³-hybridized carbons (Fsp3) is 0.895. The van der Waals surface area contributed by atoms with Crippen LogP contribution in [0, 0.1) is 28.1 Å². The Morgan fingerprint density at radius 2 is 1.75 bits per heavy atom. The highest BCUT2D eigenvalue weighted by molar-refractivity contribution is 5.23. The van der Waals surface area contributed by atoms with E-state index in [0.717, 1.165) is 12.3 Å². The Morgan fingerprint density at radius 3 is 2.45 bits per heavy atom. The van der Waals surface area contributed by atoms with Crippen molar-refractivity contribution in [1.82, 2.24) is 0 Å². The topological polar surface area (TPSA) is 20.2 Å². The van der Waals surface area contributed by atoms with E-state index in [1.807, 2.05) is 0 Å². The maximum absolute atomic E-state index is 10.4. The molecule has 0 amide bonds. The fourth-order valence-electron chi connectivity index (χ4n) is 5.79. The summed E-state index contributed by atoms with van der Waals surface area (Å²) in [6.45, 7) is 12.0. The average Bonchev–Trinajstić information content (AvgIpc) is 2.33. The van der Waals surface area contributed by atoms with E-state index in [9.17, 15) is 5.11 Å². The van der Waals surface area contributed by atoms with E-state index in [0.29, 0.717) is 16.7 Å². The average molecular weight is 276 g/mol. The van der Waals surface area contributed by atoms with Gasteiger partial charge in [-0.3, -0.25) is 0 Å². The molecule has 20 heavy (non-hydrogen) atoms. The van der Waals surface area contributed by atoms with Crippen molar-refractivity contribution in [2.75, 3.05) is 0 Å². The van der Waals surface area contributed by atoms with E-state index < -0.39 is 0 Å². The van der Waals surface area contributed by atoms with Crippen LogP contribution in [0.3, 0.4) is 0 Å². The van der Waals surface area contributed by atoms with Gasteiger partial charge in [-0.15, -0.1) is 0 Å². The first-order valence-electron chi connectivity index (χ1n) is 8.54. The fourth-order valence-corrected chi connectivity index (χ4v) is 5.79. The lowest BCUT2D eigenvalue weighted by atomic mass is 9.45. The number of aliphatic hydroxyl groups is 1. The predicted octanol–water partition coefficient (Wildman–Crippen LogP) is 4.95. The number of allylic oxidation sites excluding steroid dienone is 2. The van der Waals surface area contributed by atoms with Gasteiger partial charge in [-0.25, -0.2) is 0 Å². The summed E-state index contributed by atoms with van der Waals surface area (Å²) in [5, 5.41) is 10.4. The third-order valence-electron chi connectivity index (χ3n) is 7.16. The van der Waals surface area contributed by atoms with Crippen molar-refractivity contribution >= 4 is 0 Å². The molecule has 2 fully saturated rings. The Labute approximate surface area is 124 Å². The van der Waals surface area contributed by atoms with Gasteiger partial charge in [0.2, 0.25) is 0 Å². The second-order valence-corrected chi connectivity index (χ2v) is 9.38. The first-order valence-corrected chi connectivity index (χ1v) is 8.54. The van der Waals surface area contributed by atoms with Crippen LogP contribution in [0.5, 0.6) is 0 Å². The lowest BCUT2D eigenvalue weighted by molar-refractivity contribution is -0.120. The molecule has 3 rings (SSSR count). The highest BCUT2D eigenvalue weighted by Crippen LogP contribution is 2.63. The van der Waals surface area contributed by atoms with Gasteiger partial charge in [0.15, 0.2) is 0 Å². The number of rotatable bonds is 0. The monoisotopic (exact) mass is 276 g/mol. The SMILES string of the molecule is CC1(C)CC[C@H]2C(=CC[C@H]3C(C)(C)[C@H](O)CC[C@]23C)C1. The molecule has 3 aliphatic rings. The summed E-state index contributed by atoms with van der Waals surface area (Å²) in [6, 6.07) is 0. The summed E-state index contributed by atoms with van der Waals surface area (Å²) in [5.74, 6) is 1.43. The molecule has 0 bridgehead atoms. The smallest absolute Gasteiger partial charge is 0.0594 e. The molecule has 3 aliphatic carbocycles. The molecule has 0 aromatic heterocycles. The highest BCUT2D eigenvalue weighted by Gasteiger charge is 2.56. The largest absolute Gasteiger partial charge is 0.393 e. The van der Waals surface area contributed by atoms with Gasteiger partial charge in [0.05, 0.1) is 6.10 Å². The molecule has 0 heterocycles. The molecule has 1 N–H and O–H groups in total. The van der Waals surface area contributed by atoms with Crippen LogP contribution in [-0.4, -0.2) is 11.2 Å². The van der Waals surface area contributed by atoms with Gasteiger partial charge >= 0.3 is 0 Å². The summed E-state index contributed by atoms with van der Waals surface area (Å²) in [5.41, 5.74) is 2.73. The van der Waals surface area contributed by atoms with Gasteiger partial charge in [0, 0.05) is 0 Å². The molecule has 0 aromatic carbocycles. The summed E-state index contributed by atoms with van der Waals surface area (Å²) < 4.78 is 0. The third-order valence-corrected chi connectivity index (χ3v) is 7.16. The van der Waals surface area contributed by atoms with E-state index in [1.54, 1.807) is 5.57 Å². The van der Waals surface area contributed by atoms with Crippen molar-refractivity contribution in [2.24, 2.45) is 28.1 Å². The summed E-state index contributed by atoms with van der Waals surface area (Å²) >= 11 is 0. The van der Waals surface area contributed by atoms with E-state index >= 15 is 0 Å². The molecule has 1 heteroatoms. The first-order chi connectivity index (χ1) is 9.17. The molecular formula is C19H32O. The number of fused-ring (bicyclic) bond motifs is 3. The van der Waals surface area contributed by atoms with Crippen LogP contribution < -0.4 is 0 Å². The zero-order chi connectivity index (χ0) is 14.8. The van der Waals surface area contributed by atoms with Crippen LogP contribution in [0.4, 0.5) is 0 Å². The Kier molecular flexibility index (Phi) is 3.18. The lowest BCUT2D eigenvalue weighted by Crippen LogP contribution is -2.55. The molecule has 4 atom stereocenters. The Bertz CT molecular complexity index is 431. The minimum atomic E-state index is -0.115. The molecule has 0 aliphatic heterocycles. The van der Waals surface area contributed by atoms with E-state index in [1.165, 1.54) is 32.1 Å². The molecule has 1 nitrogen and oxygen atoms in total. The van der Waals surface area contributed by atoms with Gasteiger partial charge < -0.3 is 5.11 Å². The van der Waals surface area contributed by atoms with E-state index in [-0.39, 0.29) is 11.5 Å². The summed E-state index contributed by atoms with van der Waals surface area (Å²) in [4.78, 5) is 0. The molecule has 0 aromatic rings. The summed E-state index contributed by atoms with van der Waals surface area (Å²) in [6.07, 6.45) is 9.84. The number of aliphatic hydroxyl groups excluding tert-OH is 1. The van der Waals surface area contributed by atoms with Crippen LogP contribution in [0.15, 0.2) is 11.6 Å². The molecule has 114 valence electrons. The molecule has 0 unspecified atom stereocenters. The van der Waals surface area contributed by atoms with Crippen LogP contribution in [0.2, 0.25) is 0 Å². The normalized spacial score (nSPS) is 46.1. The Morgan fingerprint density at radius 1 is 1.05 bits per heavy atom. The second-order valence-electron chi connectivity index (χ2n) is 9.38. The third kappa shape index (κ3) is 2.00. The van der Waals surface area contributed by atoms with Crippen LogP contribution in [0.25, 0.3) is 0 Å². The van der Waals surface area contributed by atoms with Gasteiger partial charge in [0.25, 0.3) is 0 Å². The van der Waals surface area contributed by atoms with Crippen molar-refractivity contribution in [3.8, 4) is 0 Å². The maximum Gasteiger partial charge on any atom is 0.0594 e. The quantitative estimate of drug-likeness (QED) is 0.621. The van der Waals surface area contributed by atoms with Crippen LogP contribution in [0.1, 0.15) is 73.1 Å². The molecule has 0 spiro atoms. The maximum atomic E-state index is 10.4. The zero-order valence-electron chi connectivity index (χ0n) is 14.0. The zero-order valence-corrected chi connectivity index (χ0v) is 14.0. The predicted molar refractivity (Wildman–Crippen MR) is 84.4 cm³/mol. The van der Waals surface area contributed by atoms with Crippen molar-refractivity contribution in [2.45, 2.75) is 79.2 Å². The number of hydrogen-bond donors (Lipinski definition) is 1. The van der Waals surface area contributed by atoms with E-state index in [2.05, 4.69) is 40.7 Å². The van der Waals surface area contributed by atoms with Crippen LogP contribution >= 0.6 is 0 Å².